The summed E-state index contributed by atoms with van der Waals surface area (Å²) in [6, 6.07) is 17.7. The maximum absolute atomic E-state index is 12.6. The predicted molar refractivity (Wildman–Crippen MR) is 123 cm³/mol. The topological polar surface area (TPSA) is 84.2 Å². The van der Waals surface area contributed by atoms with Crippen molar-refractivity contribution >= 4 is 27.8 Å². The average Bonchev–Trinajstić information content (AvgIpc) is 3.20. The Bertz CT molecular complexity index is 1310. The van der Waals surface area contributed by atoms with Crippen molar-refractivity contribution in [2.45, 2.75) is 6.54 Å². The molecule has 0 spiro atoms. The van der Waals surface area contributed by atoms with E-state index in [-0.39, 0.29) is 11.6 Å². The second kappa shape index (κ2) is 7.92. The minimum absolute atomic E-state index is 0.0225. The average molecular weight is 415 g/mol. The normalized spacial score (nSPS) is 14.9. The number of rotatable bonds is 3. The summed E-state index contributed by atoms with van der Waals surface area (Å²) in [5.41, 5.74) is 4.07. The molecule has 1 aliphatic heterocycles. The van der Waals surface area contributed by atoms with Crippen LogP contribution in [0.5, 0.6) is 0 Å². The van der Waals surface area contributed by atoms with E-state index in [1.54, 1.807) is 0 Å². The molecule has 1 aliphatic rings. The van der Waals surface area contributed by atoms with Gasteiger partial charge in [0, 0.05) is 49.1 Å². The van der Waals surface area contributed by atoms with Crippen LogP contribution >= 0.6 is 0 Å². The van der Waals surface area contributed by atoms with Gasteiger partial charge in [-0.15, -0.1) is 0 Å². The number of amides is 2. The molecule has 7 nitrogen and oxygen atoms in total. The van der Waals surface area contributed by atoms with Crippen LogP contribution in [0, 0.1) is 0 Å². The van der Waals surface area contributed by atoms with Crippen molar-refractivity contribution in [2.75, 3.05) is 33.2 Å². The Morgan fingerprint density at radius 3 is 2.55 bits per heavy atom. The fourth-order valence-corrected chi connectivity index (χ4v) is 4.08. The van der Waals surface area contributed by atoms with Crippen molar-refractivity contribution in [3.63, 3.8) is 0 Å². The van der Waals surface area contributed by atoms with Gasteiger partial charge in [-0.3, -0.25) is 4.79 Å². The van der Waals surface area contributed by atoms with E-state index >= 15 is 0 Å². The smallest absolute Gasteiger partial charge is 0.317 e. The number of piperazine rings is 1. The Morgan fingerprint density at radius 1 is 0.935 bits per heavy atom. The standard InChI is InChI=1S/C24H25N5O2/c1-28-8-10-29(11-9-28)24(31)25-15-16-6-7-21-18(12-16)14-22(26-21)19-13-17-4-2-3-5-20(17)27-23(19)30/h2-7,12-14,26H,8-11,15H2,1H3,(H,25,31)(H,27,30). The van der Waals surface area contributed by atoms with Gasteiger partial charge in [-0.1, -0.05) is 24.3 Å². The molecule has 0 saturated carbocycles. The lowest BCUT2D eigenvalue weighted by molar-refractivity contribution is 0.154. The molecule has 0 radical (unpaired) electrons. The number of hydrogen-bond donors (Lipinski definition) is 3. The van der Waals surface area contributed by atoms with Crippen LogP contribution in [0.4, 0.5) is 4.79 Å². The number of hydrogen-bond acceptors (Lipinski definition) is 3. The molecule has 0 atom stereocenters. The summed E-state index contributed by atoms with van der Waals surface area (Å²) in [6.07, 6.45) is 0. The van der Waals surface area contributed by atoms with Gasteiger partial charge >= 0.3 is 6.03 Å². The maximum atomic E-state index is 12.6. The minimum Gasteiger partial charge on any atom is -0.354 e. The molecule has 0 unspecified atom stereocenters. The number of nitrogens with zero attached hydrogens (tertiary/aromatic N) is 2. The Kier molecular flexibility index (Phi) is 4.95. The zero-order valence-corrected chi connectivity index (χ0v) is 17.4. The third-order valence-corrected chi connectivity index (χ3v) is 5.96. The van der Waals surface area contributed by atoms with E-state index in [1.165, 1.54) is 0 Å². The SMILES string of the molecule is CN1CCN(C(=O)NCc2ccc3[nH]c(-c4cc5ccccc5[nH]c4=O)cc3c2)CC1. The summed E-state index contributed by atoms with van der Waals surface area (Å²) < 4.78 is 0. The molecule has 158 valence electrons. The van der Waals surface area contributed by atoms with Crippen LogP contribution in [0.25, 0.3) is 33.1 Å². The Balaban J connectivity index is 1.35. The molecule has 2 amide bonds. The summed E-state index contributed by atoms with van der Waals surface area (Å²) in [4.78, 5) is 35.4. The zero-order valence-electron chi connectivity index (χ0n) is 17.4. The fraction of sp³-hybridized carbons (Fsp3) is 0.250. The first-order chi connectivity index (χ1) is 15.1. The third-order valence-electron chi connectivity index (χ3n) is 5.96. The number of likely N-dealkylation sites (N-methyl/N-ethyl adjacent to an activating group) is 1. The van der Waals surface area contributed by atoms with Crippen molar-refractivity contribution in [3.05, 3.63) is 70.5 Å². The fourth-order valence-electron chi connectivity index (χ4n) is 4.08. The first kappa shape index (κ1) is 19.4. The Hall–Kier alpha value is -3.58. The molecule has 3 N–H and O–H groups in total. The van der Waals surface area contributed by atoms with Crippen LogP contribution in [0.3, 0.4) is 0 Å². The molecule has 31 heavy (non-hydrogen) atoms. The van der Waals surface area contributed by atoms with Crippen LogP contribution in [-0.2, 0) is 6.54 Å². The highest BCUT2D eigenvalue weighted by atomic mass is 16.2. The van der Waals surface area contributed by atoms with E-state index in [2.05, 4.69) is 33.3 Å². The highest BCUT2D eigenvalue weighted by molar-refractivity contribution is 5.89. The van der Waals surface area contributed by atoms with Gasteiger partial charge in [0.25, 0.3) is 5.56 Å². The molecule has 0 aliphatic carbocycles. The second-order valence-corrected chi connectivity index (χ2v) is 8.15. The summed E-state index contributed by atoms with van der Waals surface area (Å²) in [5.74, 6) is 0. The van der Waals surface area contributed by atoms with Gasteiger partial charge in [0.15, 0.2) is 0 Å². The van der Waals surface area contributed by atoms with Gasteiger partial charge in [0.1, 0.15) is 0 Å². The van der Waals surface area contributed by atoms with Crippen LogP contribution in [-0.4, -0.2) is 59.0 Å². The summed E-state index contributed by atoms with van der Waals surface area (Å²) >= 11 is 0. The number of aromatic nitrogens is 2. The van der Waals surface area contributed by atoms with E-state index in [0.717, 1.165) is 59.2 Å². The first-order valence-corrected chi connectivity index (χ1v) is 10.5. The van der Waals surface area contributed by atoms with Crippen LogP contribution in [0.15, 0.2) is 59.4 Å². The van der Waals surface area contributed by atoms with Crippen LogP contribution < -0.4 is 10.9 Å². The largest absolute Gasteiger partial charge is 0.354 e. The van der Waals surface area contributed by atoms with Crippen molar-refractivity contribution in [1.82, 2.24) is 25.1 Å². The van der Waals surface area contributed by atoms with E-state index in [4.69, 9.17) is 0 Å². The van der Waals surface area contributed by atoms with E-state index in [0.29, 0.717) is 12.1 Å². The van der Waals surface area contributed by atoms with Gasteiger partial charge in [-0.2, -0.15) is 0 Å². The van der Waals surface area contributed by atoms with Gasteiger partial charge in [0.2, 0.25) is 0 Å². The van der Waals surface area contributed by atoms with E-state index in [9.17, 15) is 9.59 Å². The summed E-state index contributed by atoms with van der Waals surface area (Å²) in [6.45, 7) is 3.78. The van der Waals surface area contributed by atoms with Gasteiger partial charge in [-0.05, 0) is 48.3 Å². The number of carbonyl (C=O) groups excluding carboxylic acids is 1. The molecule has 7 heteroatoms. The second-order valence-electron chi connectivity index (χ2n) is 8.15. The summed E-state index contributed by atoms with van der Waals surface area (Å²) in [5, 5.41) is 5.02. The molecular weight excluding hydrogens is 390 g/mol. The molecule has 2 aromatic carbocycles. The predicted octanol–water partition coefficient (Wildman–Crippen LogP) is 3.13. The Morgan fingerprint density at radius 2 is 1.71 bits per heavy atom. The van der Waals surface area contributed by atoms with Gasteiger partial charge in [-0.25, -0.2) is 4.79 Å². The van der Waals surface area contributed by atoms with Crippen molar-refractivity contribution in [2.24, 2.45) is 0 Å². The molecule has 4 aromatic rings. The van der Waals surface area contributed by atoms with E-state index < -0.39 is 0 Å². The maximum Gasteiger partial charge on any atom is 0.317 e. The number of H-pyrrole nitrogens is 2. The zero-order chi connectivity index (χ0) is 21.4. The van der Waals surface area contributed by atoms with E-state index in [1.807, 2.05) is 53.4 Å². The third kappa shape index (κ3) is 3.92. The molecule has 3 heterocycles. The van der Waals surface area contributed by atoms with Crippen molar-refractivity contribution in [3.8, 4) is 11.3 Å². The number of urea groups is 1. The van der Waals surface area contributed by atoms with Crippen LogP contribution in [0.1, 0.15) is 5.56 Å². The monoisotopic (exact) mass is 415 g/mol. The number of carbonyl (C=O) groups is 1. The molecular formula is C24H25N5O2. The quantitative estimate of drug-likeness (QED) is 0.481. The Labute approximate surface area is 179 Å². The lowest BCUT2D eigenvalue weighted by Crippen LogP contribution is -2.50. The lowest BCUT2D eigenvalue weighted by atomic mass is 10.1. The van der Waals surface area contributed by atoms with Gasteiger partial charge < -0.3 is 25.1 Å². The highest BCUT2D eigenvalue weighted by Crippen LogP contribution is 2.24. The number of benzene rings is 2. The molecule has 2 aromatic heterocycles. The minimum atomic E-state index is -0.120. The lowest BCUT2D eigenvalue weighted by Gasteiger charge is -2.32. The molecule has 1 fully saturated rings. The van der Waals surface area contributed by atoms with Crippen molar-refractivity contribution in [1.29, 1.82) is 0 Å². The van der Waals surface area contributed by atoms with Gasteiger partial charge in [0.05, 0.1) is 11.3 Å². The number of para-hydroxylation sites is 1. The molecule has 1 saturated heterocycles. The number of nitrogens with one attached hydrogen (secondary N) is 3. The summed E-state index contributed by atoms with van der Waals surface area (Å²) in [7, 11) is 2.07. The van der Waals surface area contributed by atoms with Crippen molar-refractivity contribution < 1.29 is 4.79 Å². The number of aromatic amines is 2. The number of fused-ring (bicyclic) bond motifs is 2. The number of pyridine rings is 1. The highest BCUT2D eigenvalue weighted by Gasteiger charge is 2.18. The first-order valence-electron chi connectivity index (χ1n) is 10.5. The molecule has 5 rings (SSSR count). The molecule has 0 bridgehead atoms. The van der Waals surface area contributed by atoms with Crippen LogP contribution in [0.2, 0.25) is 0 Å².